The third-order valence-electron chi connectivity index (χ3n) is 3.79. The highest BCUT2D eigenvalue weighted by Crippen LogP contribution is 2.30. The van der Waals surface area contributed by atoms with Gasteiger partial charge >= 0.3 is 0 Å². The number of nitrogens with zero attached hydrogens (tertiary/aromatic N) is 2. The zero-order valence-electron chi connectivity index (χ0n) is 12.3. The van der Waals surface area contributed by atoms with Crippen LogP contribution in [0, 0.1) is 0 Å². The van der Waals surface area contributed by atoms with Gasteiger partial charge in [-0.05, 0) is 25.8 Å². The van der Waals surface area contributed by atoms with Crippen molar-refractivity contribution in [1.82, 2.24) is 9.29 Å². The Kier molecular flexibility index (Phi) is 5.55. The number of anilines is 1. The van der Waals surface area contributed by atoms with Crippen molar-refractivity contribution in [2.45, 2.75) is 43.5 Å². The number of hydrogen-bond acceptors (Lipinski definition) is 5. The minimum absolute atomic E-state index is 0.0168. The van der Waals surface area contributed by atoms with Gasteiger partial charge in [0, 0.05) is 31.5 Å². The molecule has 0 aromatic carbocycles. The molecule has 1 aromatic rings. The standard InChI is InChI=1S/C14H23N3O3S/c1-2-16-13-7-8-15-11-14(13)21(19,20)17(9-10-18)12-5-3-4-6-12/h7-8,11-12,18H,2-6,9-10H2,1H3,(H,15,16). The maximum absolute atomic E-state index is 12.9. The maximum Gasteiger partial charge on any atom is 0.246 e. The van der Waals surface area contributed by atoms with Gasteiger partial charge < -0.3 is 10.4 Å². The predicted octanol–water partition coefficient (Wildman–Crippen LogP) is 1.44. The Balaban J connectivity index is 2.38. The fraction of sp³-hybridized carbons (Fsp3) is 0.643. The number of rotatable bonds is 7. The minimum Gasteiger partial charge on any atom is -0.395 e. The van der Waals surface area contributed by atoms with Crippen molar-refractivity contribution in [2.75, 3.05) is 25.0 Å². The second-order valence-corrected chi connectivity index (χ2v) is 7.04. The molecule has 1 fully saturated rings. The Morgan fingerprint density at radius 3 is 2.76 bits per heavy atom. The van der Waals surface area contributed by atoms with Crippen LogP contribution in [0.4, 0.5) is 5.69 Å². The first kappa shape index (κ1) is 16.2. The molecule has 2 rings (SSSR count). The first-order valence-electron chi connectivity index (χ1n) is 7.41. The molecule has 118 valence electrons. The van der Waals surface area contributed by atoms with Crippen molar-refractivity contribution in [2.24, 2.45) is 0 Å². The molecule has 0 atom stereocenters. The van der Waals surface area contributed by atoms with E-state index in [4.69, 9.17) is 0 Å². The van der Waals surface area contributed by atoms with E-state index in [9.17, 15) is 13.5 Å². The molecular formula is C14H23N3O3S. The minimum atomic E-state index is -3.65. The molecule has 0 spiro atoms. The summed E-state index contributed by atoms with van der Waals surface area (Å²) in [5.74, 6) is 0. The molecule has 2 N–H and O–H groups in total. The summed E-state index contributed by atoms with van der Waals surface area (Å²) in [6, 6.07) is 1.65. The van der Waals surface area contributed by atoms with E-state index >= 15 is 0 Å². The summed E-state index contributed by atoms with van der Waals surface area (Å²) in [7, 11) is -3.65. The molecule has 1 aliphatic rings. The number of pyridine rings is 1. The lowest BCUT2D eigenvalue weighted by molar-refractivity contribution is 0.226. The van der Waals surface area contributed by atoms with Crippen molar-refractivity contribution in [3.8, 4) is 0 Å². The van der Waals surface area contributed by atoms with Gasteiger partial charge in [0.15, 0.2) is 0 Å². The van der Waals surface area contributed by atoms with Crippen LogP contribution in [0.2, 0.25) is 0 Å². The largest absolute Gasteiger partial charge is 0.395 e. The van der Waals surface area contributed by atoms with Crippen LogP contribution in [0.15, 0.2) is 23.4 Å². The molecule has 0 unspecified atom stereocenters. The second kappa shape index (κ2) is 7.20. The smallest absolute Gasteiger partial charge is 0.246 e. The van der Waals surface area contributed by atoms with Gasteiger partial charge in [-0.15, -0.1) is 0 Å². The van der Waals surface area contributed by atoms with E-state index in [0.29, 0.717) is 12.2 Å². The summed E-state index contributed by atoms with van der Waals surface area (Å²) in [5, 5.41) is 12.3. The van der Waals surface area contributed by atoms with Crippen molar-refractivity contribution in [3.05, 3.63) is 18.5 Å². The Labute approximate surface area is 126 Å². The van der Waals surface area contributed by atoms with Gasteiger partial charge in [-0.2, -0.15) is 4.31 Å². The quantitative estimate of drug-likeness (QED) is 0.796. The molecule has 1 saturated carbocycles. The van der Waals surface area contributed by atoms with Crippen LogP contribution in [0.25, 0.3) is 0 Å². The SMILES string of the molecule is CCNc1ccncc1S(=O)(=O)N(CCO)C1CCCC1. The van der Waals surface area contributed by atoms with Gasteiger partial charge in [0.05, 0.1) is 12.3 Å². The summed E-state index contributed by atoms with van der Waals surface area (Å²) in [4.78, 5) is 4.14. The normalized spacial score (nSPS) is 16.5. The highest BCUT2D eigenvalue weighted by atomic mass is 32.2. The third-order valence-corrected chi connectivity index (χ3v) is 5.77. The number of hydrogen-bond donors (Lipinski definition) is 2. The molecule has 21 heavy (non-hydrogen) atoms. The Bertz CT molecular complexity index is 556. The van der Waals surface area contributed by atoms with E-state index in [1.807, 2.05) is 6.92 Å². The van der Waals surface area contributed by atoms with Crippen molar-refractivity contribution in [3.63, 3.8) is 0 Å². The van der Waals surface area contributed by atoms with Crippen LogP contribution in [0.3, 0.4) is 0 Å². The molecular weight excluding hydrogens is 290 g/mol. The fourth-order valence-electron chi connectivity index (χ4n) is 2.84. The molecule has 0 bridgehead atoms. The number of aliphatic hydroxyl groups is 1. The highest BCUT2D eigenvalue weighted by molar-refractivity contribution is 7.89. The lowest BCUT2D eigenvalue weighted by Crippen LogP contribution is -2.41. The number of aromatic nitrogens is 1. The van der Waals surface area contributed by atoms with Crippen LogP contribution in [0.5, 0.6) is 0 Å². The summed E-state index contributed by atoms with van der Waals surface area (Å²) in [5.41, 5.74) is 0.563. The summed E-state index contributed by atoms with van der Waals surface area (Å²) < 4.78 is 27.3. The maximum atomic E-state index is 12.9. The van der Waals surface area contributed by atoms with Crippen LogP contribution < -0.4 is 5.32 Å². The van der Waals surface area contributed by atoms with Gasteiger partial charge in [0.25, 0.3) is 0 Å². The predicted molar refractivity (Wildman–Crippen MR) is 81.6 cm³/mol. The molecule has 0 saturated heterocycles. The molecule has 0 radical (unpaired) electrons. The van der Waals surface area contributed by atoms with Crippen LogP contribution in [-0.4, -0.2) is 48.6 Å². The topological polar surface area (TPSA) is 82.5 Å². The van der Waals surface area contributed by atoms with Gasteiger partial charge in [-0.1, -0.05) is 12.8 Å². The summed E-state index contributed by atoms with van der Waals surface area (Å²) >= 11 is 0. The van der Waals surface area contributed by atoms with Crippen molar-refractivity contribution >= 4 is 15.7 Å². The Morgan fingerprint density at radius 2 is 2.14 bits per heavy atom. The first-order chi connectivity index (χ1) is 10.1. The van der Waals surface area contributed by atoms with Crippen LogP contribution >= 0.6 is 0 Å². The summed E-state index contributed by atoms with van der Waals surface area (Å²) in [6.07, 6.45) is 6.74. The molecule has 0 aliphatic heterocycles. The zero-order valence-corrected chi connectivity index (χ0v) is 13.1. The summed E-state index contributed by atoms with van der Waals surface area (Å²) in [6.45, 7) is 2.51. The first-order valence-corrected chi connectivity index (χ1v) is 8.85. The van der Waals surface area contributed by atoms with Gasteiger partial charge in [0.1, 0.15) is 4.90 Å². The number of sulfonamides is 1. The average molecular weight is 313 g/mol. The average Bonchev–Trinajstić information content (AvgIpc) is 2.99. The van der Waals surface area contributed by atoms with Gasteiger partial charge in [-0.3, -0.25) is 4.98 Å². The van der Waals surface area contributed by atoms with Crippen molar-refractivity contribution < 1.29 is 13.5 Å². The molecule has 1 aromatic heterocycles. The van der Waals surface area contributed by atoms with E-state index in [-0.39, 0.29) is 24.1 Å². The lowest BCUT2D eigenvalue weighted by Gasteiger charge is -2.28. The monoisotopic (exact) mass is 313 g/mol. The Morgan fingerprint density at radius 1 is 1.43 bits per heavy atom. The highest BCUT2D eigenvalue weighted by Gasteiger charge is 2.34. The van der Waals surface area contributed by atoms with E-state index in [1.54, 1.807) is 12.3 Å². The van der Waals surface area contributed by atoms with Gasteiger partial charge in [-0.25, -0.2) is 8.42 Å². The van der Waals surface area contributed by atoms with Gasteiger partial charge in [0.2, 0.25) is 10.0 Å². The Hall–Kier alpha value is -1.18. The van der Waals surface area contributed by atoms with E-state index in [1.165, 1.54) is 10.5 Å². The molecule has 7 heteroatoms. The molecule has 6 nitrogen and oxygen atoms in total. The van der Waals surface area contributed by atoms with Crippen molar-refractivity contribution in [1.29, 1.82) is 0 Å². The van der Waals surface area contributed by atoms with Crippen LogP contribution in [0.1, 0.15) is 32.6 Å². The zero-order chi connectivity index (χ0) is 15.3. The second-order valence-electron chi connectivity index (χ2n) is 5.18. The molecule has 1 aliphatic carbocycles. The number of nitrogens with one attached hydrogen (secondary N) is 1. The molecule has 1 heterocycles. The number of aliphatic hydroxyl groups excluding tert-OH is 1. The van der Waals surface area contributed by atoms with E-state index < -0.39 is 10.0 Å². The third kappa shape index (κ3) is 3.53. The van der Waals surface area contributed by atoms with Crippen LogP contribution in [-0.2, 0) is 10.0 Å². The fourth-order valence-corrected chi connectivity index (χ4v) is 4.63. The molecule has 0 amide bonds. The van der Waals surface area contributed by atoms with E-state index in [0.717, 1.165) is 25.7 Å². The lowest BCUT2D eigenvalue weighted by atomic mass is 10.2. The van der Waals surface area contributed by atoms with E-state index in [2.05, 4.69) is 10.3 Å².